The molecule has 1 amide bonds. The van der Waals surface area contributed by atoms with Gasteiger partial charge in [-0.25, -0.2) is 0 Å². The quantitative estimate of drug-likeness (QED) is 0.720. The molecule has 0 aromatic heterocycles. The number of carbonyl (C=O) groups is 1. The molecule has 2 aliphatic rings. The molecule has 20 heavy (non-hydrogen) atoms. The van der Waals surface area contributed by atoms with Gasteiger partial charge in [-0.15, -0.1) is 0 Å². The number of carbonyl (C=O) groups excluding carboxylic acids is 1. The van der Waals surface area contributed by atoms with Crippen molar-refractivity contribution in [3.63, 3.8) is 0 Å². The fourth-order valence-corrected chi connectivity index (χ4v) is 3.13. The number of hydrogen-bond donors (Lipinski definition) is 0. The molecule has 5 heteroatoms. The van der Waals surface area contributed by atoms with Crippen LogP contribution in [0.15, 0.2) is 0 Å². The van der Waals surface area contributed by atoms with Gasteiger partial charge in [-0.3, -0.25) is 14.6 Å². The van der Waals surface area contributed by atoms with Crippen LogP contribution in [-0.4, -0.2) is 72.5 Å². The van der Waals surface area contributed by atoms with E-state index in [2.05, 4.69) is 22.8 Å². The summed E-state index contributed by atoms with van der Waals surface area (Å²) in [6, 6.07) is 2.19. The minimum Gasteiger partial charge on any atom is -0.339 e. The van der Waals surface area contributed by atoms with Crippen molar-refractivity contribution >= 4 is 5.91 Å². The number of piperazine rings is 1. The van der Waals surface area contributed by atoms with Crippen LogP contribution in [0.25, 0.3) is 0 Å². The Morgan fingerprint density at radius 2 is 1.65 bits per heavy atom. The molecular formula is C15H26N4O. The zero-order valence-corrected chi connectivity index (χ0v) is 12.6. The number of nitrogens with zero attached hydrogens (tertiary/aromatic N) is 4. The van der Waals surface area contributed by atoms with E-state index in [0.29, 0.717) is 6.54 Å². The Morgan fingerprint density at radius 1 is 1.05 bits per heavy atom. The fraction of sp³-hybridized carbons (Fsp3) is 0.867. The lowest BCUT2D eigenvalue weighted by atomic mass is 10.2. The number of likely N-dealkylation sites (tertiary alicyclic amines) is 1. The summed E-state index contributed by atoms with van der Waals surface area (Å²) in [6.45, 7) is 7.82. The van der Waals surface area contributed by atoms with E-state index < -0.39 is 0 Å². The minimum absolute atomic E-state index is 0.00983. The van der Waals surface area contributed by atoms with Gasteiger partial charge in [0.1, 0.15) is 0 Å². The van der Waals surface area contributed by atoms with Crippen LogP contribution >= 0.6 is 0 Å². The van der Waals surface area contributed by atoms with Crippen molar-refractivity contribution in [1.29, 1.82) is 5.26 Å². The Labute approximate surface area is 122 Å². The van der Waals surface area contributed by atoms with Crippen molar-refractivity contribution in [2.45, 2.75) is 38.6 Å². The summed E-state index contributed by atoms with van der Waals surface area (Å²) < 4.78 is 0. The standard InChI is InChI=1S/C15H26N4O/c1-14(18-7-4-2-3-5-8-18)15(20)19-12-10-17(9-6-16)11-13-19/h14H,2-5,7-13H2,1H3. The molecular weight excluding hydrogens is 252 g/mol. The highest BCUT2D eigenvalue weighted by molar-refractivity contribution is 5.81. The van der Waals surface area contributed by atoms with Crippen LogP contribution < -0.4 is 0 Å². The molecule has 0 spiro atoms. The Morgan fingerprint density at radius 3 is 2.20 bits per heavy atom. The minimum atomic E-state index is 0.00983. The highest BCUT2D eigenvalue weighted by atomic mass is 16.2. The van der Waals surface area contributed by atoms with Crippen molar-refractivity contribution in [3.05, 3.63) is 0 Å². The molecule has 2 heterocycles. The Balaban J connectivity index is 1.83. The maximum absolute atomic E-state index is 12.6. The molecule has 0 N–H and O–H groups in total. The summed E-state index contributed by atoms with van der Waals surface area (Å²) in [5.41, 5.74) is 0. The molecule has 2 fully saturated rings. The van der Waals surface area contributed by atoms with E-state index in [9.17, 15) is 4.79 Å². The highest BCUT2D eigenvalue weighted by Crippen LogP contribution is 2.14. The van der Waals surface area contributed by atoms with Gasteiger partial charge >= 0.3 is 0 Å². The summed E-state index contributed by atoms with van der Waals surface area (Å²) >= 11 is 0. The van der Waals surface area contributed by atoms with Crippen LogP contribution in [0.1, 0.15) is 32.6 Å². The molecule has 2 rings (SSSR count). The topological polar surface area (TPSA) is 50.6 Å². The van der Waals surface area contributed by atoms with Gasteiger partial charge < -0.3 is 4.90 Å². The first-order chi connectivity index (χ1) is 9.72. The Hall–Kier alpha value is -1.12. The smallest absolute Gasteiger partial charge is 0.239 e. The zero-order chi connectivity index (χ0) is 14.4. The van der Waals surface area contributed by atoms with E-state index in [1.165, 1.54) is 25.7 Å². The molecule has 0 aromatic rings. The van der Waals surface area contributed by atoms with Gasteiger partial charge in [0.2, 0.25) is 5.91 Å². The highest BCUT2D eigenvalue weighted by Gasteiger charge is 2.28. The van der Waals surface area contributed by atoms with Crippen LogP contribution in [0.5, 0.6) is 0 Å². The number of hydrogen-bond acceptors (Lipinski definition) is 4. The molecule has 0 aromatic carbocycles. The molecule has 0 saturated carbocycles. The average Bonchev–Trinajstić information content (AvgIpc) is 2.76. The first-order valence-corrected chi connectivity index (χ1v) is 7.84. The Bertz CT molecular complexity index is 349. The fourth-order valence-electron chi connectivity index (χ4n) is 3.13. The molecule has 0 bridgehead atoms. The molecule has 1 atom stereocenters. The number of nitriles is 1. The second kappa shape index (κ2) is 7.61. The van der Waals surface area contributed by atoms with Crippen molar-refractivity contribution in [2.24, 2.45) is 0 Å². The lowest BCUT2D eigenvalue weighted by Gasteiger charge is -2.37. The average molecular weight is 278 g/mol. The molecule has 112 valence electrons. The largest absolute Gasteiger partial charge is 0.339 e. The third-order valence-corrected chi connectivity index (χ3v) is 4.52. The first kappa shape index (κ1) is 15.3. The van der Waals surface area contributed by atoms with Crippen molar-refractivity contribution in [3.8, 4) is 6.07 Å². The van der Waals surface area contributed by atoms with E-state index in [-0.39, 0.29) is 11.9 Å². The van der Waals surface area contributed by atoms with Gasteiger partial charge in [0.25, 0.3) is 0 Å². The molecule has 1 unspecified atom stereocenters. The second-order valence-electron chi connectivity index (χ2n) is 5.89. The van der Waals surface area contributed by atoms with Crippen LogP contribution in [0.2, 0.25) is 0 Å². The number of amides is 1. The molecule has 2 saturated heterocycles. The normalized spacial score (nSPS) is 23.9. The second-order valence-corrected chi connectivity index (χ2v) is 5.89. The lowest BCUT2D eigenvalue weighted by molar-refractivity contribution is -0.138. The predicted octanol–water partition coefficient (Wildman–Crippen LogP) is 0.919. The van der Waals surface area contributed by atoms with E-state index in [4.69, 9.17) is 5.26 Å². The van der Waals surface area contributed by atoms with Gasteiger partial charge in [-0.1, -0.05) is 12.8 Å². The molecule has 2 aliphatic heterocycles. The van der Waals surface area contributed by atoms with Crippen LogP contribution in [0.4, 0.5) is 0 Å². The SMILES string of the molecule is CC(C(=O)N1CCN(CC#N)CC1)N1CCCCCC1. The van der Waals surface area contributed by atoms with Crippen molar-refractivity contribution < 1.29 is 4.79 Å². The molecule has 5 nitrogen and oxygen atoms in total. The van der Waals surface area contributed by atoms with Gasteiger partial charge in [0.15, 0.2) is 0 Å². The predicted molar refractivity (Wildman–Crippen MR) is 78.1 cm³/mol. The number of rotatable bonds is 3. The summed E-state index contributed by atoms with van der Waals surface area (Å²) in [5.74, 6) is 0.267. The van der Waals surface area contributed by atoms with Gasteiger partial charge in [-0.05, 0) is 32.9 Å². The van der Waals surface area contributed by atoms with Gasteiger partial charge in [0, 0.05) is 26.2 Å². The van der Waals surface area contributed by atoms with E-state index in [1.54, 1.807) is 0 Å². The zero-order valence-electron chi connectivity index (χ0n) is 12.6. The van der Waals surface area contributed by atoms with Gasteiger partial charge in [-0.2, -0.15) is 5.26 Å². The maximum Gasteiger partial charge on any atom is 0.239 e. The van der Waals surface area contributed by atoms with Crippen LogP contribution in [0.3, 0.4) is 0 Å². The Kier molecular flexibility index (Phi) is 5.81. The van der Waals surface area contributed by atoms with Crippen LogP contribution in [0, 0.1) is 11.3 Å². The van der Waals surface area contributed by atoms with Crippen molar-refractivity contribution in [2.75, 3.05) is 45.8 Å². The van der Waals surface area contributed by atoms with E-state index in [1.807, 2.05) is 4.90 Å². The molecule has 0 aliphatic carbocycles. The van der Waals surface area contributed by atoms with Crippen LogP contribution in [-0.2, 0) is 4.79 Å². The summed E-state index contributed by atoms with van der Waals surface area (Å²) in [7, 11) is 0. The van der Waals surface area contributed by atoms with E-state index in [0.717, 1.165) is 39.3 Å². The van der Waals surface area contributed by atoms with E-state index >= 15 is 0 Å². The summed E-state index contributed by atoms with van der Waals surface area (Å²) in [4.78, 5) is 19.0. The van der Waals surface area contributed by atoms with Crippen molar-refractivity contribution in [1.82, 2.24) is 14.7 Å². The maximum atomic E-state index is 12.6. The van der Waals surface area contributed by atoms with Gasteiger partial charge in [0.05, 0.1) is 18.7 Å². The lowest BCUT2D eigenvalue weighted by Crippen LogP contribution is -2.54. The third kappa shape index (κ3) is 3.94. The monoisotopic (exact) mass is 278 g/mol. The first-order valence-electron chi connectivity index (χ1n) is 7.84. The molecule has 0 radical (unpaired) electrons. The third-order valence-electron chi connectivity index (χ3n) is 4.52. The summed E-state index contributed by atoms with van der Waals surface area (Å²) in [6.07, 6.45) is 5.02. The summed E-state index contributed by atoms with van der Waals surface area (Å²) in [5, 5.41) is 8.70.